The first-order valence-corrected chi connectivity index (χ1v) is 8.70. The highest BCUT2D eigenvalue weighted by atomic mass is 19.3. The molecule has 7 nitrogen and oxygen atoms in total. The van der Waals surface area contributed by atoms with Gasteiger partial charge in [-0.05, 0) is 44.2 Å². The topological polar surface area (TPSA) is 105 Å². The number of alkyl halides is 2. The Morgan fingerprint density at radius 2 is 2.15 bits per heavy atom. The van der Waals surface area contributed by atoms with Crippen LogP contribution in [0.3, 0.4) is 0 Å². The van der Waals surface area contributed by atoms with Gasteiger partial charge < -0.3 is 21.7 Å². The monoisotopic (exact) mass is 376 g/mol. The lowest BCUT2D eigenvalue weighted by atomic mass is 9.87. The number of carbonyl (C=O) groups excluding carboxylic acids is 1. The molecule has 1 amide bonds. The number of nitrogens with two attached hydrogens (primary N) is 1. The Bertz CT molecular complexity index is 802. The maximum Gasteiger partial charge on any atom is 0.265 e. The average Bonchev–Trinajstić information content (AvgIpc) is 2.62. The first-order valence-electron chi connectivity index (χ1n) is 8.70. The molecule has 27 heavy (non-hydrogen) atoms. The summed E-state index contributed by atoms with van der Waals surface area (Å²) < 4.78 is 28.3. The van der Waals surface area contributed by atoms with Gasteiger partial charge in [0.2, 0.25) is 0 Å². The van der Waals surface area contributed by atoms with E-state index in [4.69, 9.17) is 5.73 Å². The molecule has 2 aromatic rings. The molecule has 1 saturated carbocycles. The molecule has 0 spiro atoms. The number of hydrogen-bond donors (Lipinski definition) is 4. The largest absolute Gasteiger partial charge is 0.365 e. The Morgan fingerprint density at radius 1 is 1.33 bits per heavy atom. The van der Waals surface area contributed by atoms with Crippen LogP contribution in [0.4, 0.5) is 26.1 Å². The summed E-state index contributed by atoms with van der Waals surface area (Å²) >= 11 is 0. The van der Waals surface area contributed by atoms with Crippen molar-refractivity contribution in [2.24, 2.45) is 5.73 Å². The Labute approximate surface area is 155 Å². The molecule has 3 rings (SSSR count). The van der Waals surface area contributed by atoms with Crippen molar-refractivity contribution < 1.29 is 13.6 Å². The molecule has 2 aromatic heterocycles. The van der Waals surface area contributed by atoms with E-state index in [0.717, 1.165) is 0 Å². The van der Waals surface area contributed by atoms with Gasteiger partial charge >= 0.3 is 0 Å². The molecule has 0 bridgehead atoms. The minimum Gasteiger partial charge on any atom is -0.365 e. The minimum absolute atomic E-state index is 0.140. The van der Waals surface area contributed by atoms with E-state index in [1.54, 1.807) is 30.6 Å². The highest BCUT2D eigenvalue weighted by Gasteiger charge is 2.46. The number of anilines is 3. The van der Waals surface area contributed by atoms with E-state index in [-0.39, 0.29) is 17.8 Å². The normalized spacial score (nSPS) is 21.4. The van der Waals surface area contributed by atoms with E-state index < -0.39 is 23.9 Å². The van der Waals surface area contributed by atoms with Crippen molar-refractivity contribution in [1.29, 1.82) is 0 Å². The molecule has 5 N–H and O–H groups in total. The quantitative estimate of drug-likeness (QED) is 0.617. The summed E-state index contributed by atoms with van der Waals surface area (Å²) in [6.45, 7) is 0. The Balaban J connectivity index is 1.86. The summed E-state index contributed by atoms with van der Waals surface area (Å²) in [7, 11) is 1.53. The summed E-state index contributed by atoms with van der Waals surface area (Å²) in [5, 5.41) is 8.77. The van der Waals surface area contributed by atoms with Crippen molar-refractivity contribution in [3.63, 3.8) is 0 Å². The summed E-state index contributed by atoms with van der Waals surface area (Å²) in [5.74, 6) is -2.81. The zero-order valence-electron chi connectivity index (χ0n) is 14.9. The van der Waals surface area contributed by atoms with Crippen LogP contribution in [-0.2, 0) is 0 Å². The van der Waals surface area contributed by atoms with Crippen LogP contribution in [0.15, 0.2) is 36.7 Å². The van der Waals surface area contributed by atoms with E-state index >= 15 is 0 Å². The predicted octanol–water partition coefficient (Wildman–Crippen LogP) is 2.51. The van der Waals surface area contributed by atoms with Gasteiger partial charge in [-0.3, -0.25) is 9.78 Å². The minimum atomic E-state index is -2.80. The molecule has 0 saturated heterocycles. The third kappa shape index (κ3) is 4.30. The predicted molar refractivity (Wildman–Crippen MR) is 99.3 cm³/mol. The lowest BCUT2D eigenvalue weighted by molar-refractivity contribution is -0.0654. The number of nitrogens with one attached hydrogen (secondary N) is 3. The zero-order valence-corrected chi connectivity index (χ0v) is 14.9. The van der Waals surface area contributed by atoms with E-state index in [1.165, 1.54) is 13.1 Å². The summed E-state index contributed by atoms with van der Waals surface area (Å²) in [5.41, 5.74) is 6.24. The van der Waals surface area contributed by atoms with Crippen LogP contribution in [0.2, 0.25) is 0 Å². The molecule has 1 fully saturated rings. The second kappa shape index (κ2) is 7.83. The first kappa shape index (κ1) is 19.0. The summed E-state index contributed by atoms with van der Waals surface area (Å²) in [6, 6.07) is 5.09. The van der Waals surface area contributed by atoms with Crippen LogP contribution in [0, 0.1) is 0 Å². The number of halogens is 2. The molecule has 1 aliphatic rings. The van der Waals surface area contributed by atoms with Crippen LogP contribution in [0.25, 0.3) is 0 Å². The van der Waals surface area contributed by atoms with Gasteiger partial charge in [0.15, 0.2) is 0 Å². The van der Waals surface area contributed by atoms with Crippen molar-refractivity contribution in [2.75, 3.05) is 17.7 Å². The maximum absolute atomic E-state index is 14.2. The lowest BCUT2D eigenvalue weighted by Crippen LogP contribution is -2.56. The molecule has 2 atom stereocenters. The van der Waals surface area contributed by atoms with Crippen LogP contribution >= 0.6 is 0 Å². The highest BCUT2D eigenvalue weighted by Crippen LogP contribution is 2.35. The molecule has 1 aliphatic carbocycles. The number of rotatable bonds is 6. The molecule has 2 unspecified atom stereocenters. The van der Waals surface area contributed by atoms with Crippen molar-refractivity contribution in [3.05, 3.63) is 42.2 Å². The van der Waals surface area contributed by atoms with Gasteiger partial charge in [0, 0.05) is 18.7 Å². The van der Waals surface area contributed by atoms with E-state index in [9.17, 15) is 13.6 Å². The van der Waals surface area contributed by atoms with Crippen LogP contribution in [-0.4, -0.2) is 40.9 Å². The molecule has 2 heterocycles. The Hall–Kier alpha value is -2.81. The van der Waals surface area contributed by atoms with Crippen LogP contribution in [0.5, 0.6) is 0 Å². The van der Waals surface area contributed by atoms with Gasteiger partial charge in [-0.25, -0.2) is 13.8 Å². The fraction of sp³-hybridized carbons (Fsp3) is 0.389. The van der Waals surface area contributed by atoms with E-state index in [2.05, 4.69) is 25.9 Å². The third-order valence-electron chi connectivity index (χ3n) is 4.61. The number of nitrogens with zero attached hydrogens (tertiary/aromatic N) is 2. The molecule has 0 radical (unpaired) electrons. The third-order valence-corrected chi connectivity index (χ3v) is 4.61. The number of carbonyl (C=O) groups is 1. The average molecular weight is 376 g/mol. The second-order valence-electron chi connectivity index (χ2n) is 6.49. The van der Waals surface area contributed by atoms with Crippen molar-refractivity contribution in [3.8, 4) is 0 Å². The maximum atomic E-state index is 14.2. The number of primary amides is 1. The van der Waals surface area contributed by atoms with Gasteiger partial charge in [-0.15, -0.1) is 0 Å². The van der Waals surface area contributed by atoms with Crippen LogP contribution < -0.4 is 21.7 Å². The summed E-state index contributed by atoms with van der Waals surface area (Å²) in [4.78, 5) is 20.1. The number of amides is 1. The standard InChI is InChI=1S/C18H22F2N6O/c1-22-15-13(5-2-8-18(15,19)20)25-14-7-6-12(16(21)27)17(26-14)24-11-4-3-9-23-10-11/h3-4,6-7,9-10,13,15,22H,2,5,8H2,1H3,(H2,21,27)(H2,24,25,26). The van der Waals surface area contributed by atoms with E-state index in [0.29, 0.717) is 24.3 Å². The van der Waals surface area contributed by atoms with Crippen LogP contribution in [0.1, 0.15) is 29.6 Å². The number of pyridine rings is 2. The van der Waals surface area contributed by atoms with Crippen molar-refractivity contribution in [2.45, 2.75) is 37.3 Å². The highest BCUT2D eigenvalue weighted by molar-refractivity contribution is 5.98. The molecule has 9 heteroatoms. The smallest absolute Gasteiger partial charge is 0.265 e. The SMILES string of the molecule is CNC1C(Nc2ccc(C(N)=O)c(Nc3cccnc3)n2)CCCC1(F)F. The van der Waals surface area contributed by atoms with Crippen molar-refractivity contribution in [1.82, 2.24) is 15.3 Å². The zero-order chi connectivity index (χ0) is 19.4. The lowest BCUT2D eigenvalue weighted by Gasteiger charge is -2.38. The molecule has 0 aliphatic heterocycles. The van der Waals surface area contributed by atoms with E-state index in [1.807, 2.05) is 0 Å². The van der Waals surface area contributed by atoms with Gasteiger partial charge in [0.1, 0.15) is 11.6 Å². The fourth-order valence-corrected chi connectivity index (χ4v) is 3.34. The van der Waals surface area contributed by atoms with Gasteiger partial charge in [0.05, 0.1) is 23.5 Å². The molecular weight excluding hydrogens is 354 g/mol. The number of likely N-dealkylation sites (N-methyl/N-ethyl adjacent to an activating group) is 1. The molecule has 144 valence electrons. The van der Waals surface area contributed by atoms with Gasteiger partial charge in [-0.1, -0.05) is 0 Å². The Morgan fingerprint density at radius 3 is 2.81 bits per heavy atom. The van der Waals surface area contributed by atoms with Crippen molar-refractivity contribution >= 4 is 23.2 Å². The second-order valence-corrected chi connectivity index (χ2v) is 6.49. The van der Waals surface area contributed by atoms with Gasteiger partial charge in [-0.2, -0.15) is 0 Å². The Kier molecular flexibility index (Phi) is 5.50. The molecule has 0 aromatic carbocycles. The fourth-order valence-electron chi connectivity index (χ4n) is 3.34. The summed E-state index contributed by atoms with van der Waals surface area (Å²) in [6.07, 6.45) is 4.06. The number of hydrogen-bond acceptors (Lipinski definition) is 6. The number of aromatic nitrogens is 2. The molecular formula is C18H22F2N6O. The van der Waals surface area contributed by atoms with Gasteiger partial charge in [0.25, 0.3) is 11.8 Å². The first-order chi connectivity index (χ1) is 12.9.